The molecule has 0 aliphatic carbocycles. The fourth-order valence-electron chi connectivity index (χ4n) is 4.42. The van der Waals surface area contributed by atoms with Gasteiger partial charge in [-0.1, -0.05) is 48.5 Å². The number of hydrogen-bond acceptors (Lipinski definition) is 4. The zero-order valence-corrected chi connectivity index (χ0v) is 20.0. The van der Waals surface area contributed by atoms with Gasteiger partial charge in [0.1, 0.15) is 0 Å². The van der Waals surface area contributed by atoms with E-state index in [1.165, 1.54) is 28.6 Å². The Morgan fingerprint density at radius 1 is 0.889 bits per heavy atom. The predicted molar refractivity (Wildman–Crippen MR) is 128 cm³/mol. The molecule has 4 rings (SSSR count). The van der Waals surface area contributed by atoms with Gasteiger partial charge in [-0.2, -0.15) is 17.5 Å². The Labute approximate surface area is 207 Å². The summed E-state index contributed by atoms with van der Waals surface area (Å²) in [7, 11) is -3.69. The van der Waals surface area contributed by atoms with E-state index in [9.17, 15) is 26.4 Å². The van der Waals surface area contributed by atoms with Crippen LogP contribution in [0, 0.1) is 0 Å². The lowest BCUT2D eigenvalue weighted by Gasteiger charge is -2.31. The predicted octanol–water partition coefficient (Wildman–Crippen LogP) is 5.15. The monoisotopic (exact) mass is 518 g/mol. The molecule has 1 amide bonds. The molecule has 3 aromatic carbocycles. The highest BCUT2D eigenvalue weighted by atomic mass is 32.2. The fraction of sp³-hybridized carbons (Fsp3) is 0.269. The van der Waals surface area contributed by atoms with Gasteiger partial charge in [-0.3, -0.25) is 10.0 Å². The van der Waals surface area contributed by atoms with E-state index in [0.717, 1.165) is 5.56 Å². The Bertz CT molecular complexity index is 1300. The summed E-state index contributed by atoms with van der Waals surface area (Å²) in [5.74, 6) is -0.433. The van der Waals surface area contributed by atoms with Crippen LogP contribution in [0.5, 0.6) is 0 Å². The molecular weight excluding hydrogens is 493 g/mol. The lowest BCUT2D eigenvalue weighted by molar-refractivity contribution is -0.127. The first kappa shape index (κ1) is 25.9. The van der Waals surface area contributed by atoms with Crippen LogP contribution in [0.1, 0.15) is 40.2 Å². The molecule has 36 heavy (non-hydrogen) atoms. The van der Waals surface area contributed by atoms with Crippen molar-refractivity contribution in [2.24, 2.45) is 0 Å². The minimum absolute atomic E-state index is 0.158. The van der Waals surface area contributed by atoms with Gasteiger partial charge in [0.25, 0.3) is 5.91 Å². The standard InChI is InChI=1S/C26H25F3N2O4S/c27-26(28,29)17-18-1-3-19(4-2-18)21-9-11-24(12-10-21)36(34,35)31-15-13-22(14-16-31)20-5-7-23(8-6-20)25(32)30-33/h1-12,22,33H,13-17H2,(H,30,32). The summed E-state index contributed by atoms with van der Waals surface area (Å²) in [5, 5.41) is 8.73. The number of nitrogens with zero attached hydrogens (tertiary/aromatic N) is 1. The zero-order chi connectivity index (χ0) is 25.9. The number of piperidine rings is 1. The quantitative estimate of drug-likeness (QED) is 0.349. The van der Waals surface area contributed by atoms with Gasteiger partial charge in [-0.05, 0) is 65.3 Å². The van der Waals surface area contributed by atoms with Crippen LogP contribution < -0.4 is 5.48 Å². The van der Waals surface area contributed by atoms with Crippen LogP contribution in [-0.4, -0.2) is 43.1 Å². The summed E-state index contributed by atoms with van der Waals surface area (Å²) in [6.07, 6.45) is -4.00. The molecule has 2 N–H and O–H groups in total. The first-order chi connectivity index (χ1) is 17.1. The van der Waals surface area contributed by atoms with Crippen LogP contribution in [0.25, 0.3) is 11.1 Å². The van der Waals surface area contributed by atoms with Gasteiger partial charge in [0.2, 0.25) is 10.0 Å². The molecule has 0 saturated carbocycles. The number of rotatable bonds is 6. The molecule has 1 fully saturated rings. The first-order valence-corrected chi connectivity index (χ1v) is 12.8. The maximum atomic E-state index is 13.2. The summed E-state index contributed by atoms with van der Waals surface area (Å²) in [5.41, 5.74) is 4.51. The molecule has 1 aliphatic heterocycles. The number of sulfonamides is 1. The van der Waals surface area contributed by atoms with Crippen molar-refractivity contribution in [3.8, 4) is 11.1 Å². The van der Waals surface area contributed by atoms with Crippen LogP contribution in [-0.2, 0) is 16.4 Å². The lowest BCUT2D eigenvalue weighted by Crippen LogP contribution is -2.37. The summed E-state index contributed by atoms with van der Waals surface area (Å²) in [6, 6.07) is 19.3. The average molecular weight is 519 g/mol. The molecule has 0 spiro atoms. The smallest absolute Gasteiger partial charge is 0.288 e. The summed E-state index contributed by atoms with van der Waals surface area (Å²) >= 11 is 0. The Morgan fingerprint density at radius 3 is 1.92 bits per heavy atom. The van der Waals surface area contributed by atoms with Gasteiger partial charge in [-0.15, -0.1) is 0 Å². The second-order valence-electron chi connectivity index (χ2n) is 8.75. The third-order valence-electron chi connectivity index (χ3n) is 6.38. The highest BCUT2D eigenvalue weighted by Gasteiger charge is 2.30. The van der Waals surface area contributed by atoms with Crippen molar-refractivity contribution in [2.75, 3.05) is 13.1 Å². The normalized spacial score (nSPS) is 15.6. The van der Waals surface area contributed by atoms with E-state index in [4.69, 9.17) is 5.21 Å². The molecule has 0 atom stereocenters. The van der Waals surface area contributed by atoms with E-state index in [1.54, 1.807) is 41.9 Å². The van der Waals surface area contributed by atoms with Crippen molar-refractivity contribution in [1.29, 1.82) is 0 Å². The van der Waals surface area contributed by atoms with E-state index in [1.807, 2.05) is 12.1 Å². The average Bonchev–Trinajstić information content (AvgIpc) is 2.88. The molecule has 190 valence electrons. The minimum atomic E-state index is -4.27. The number of benzene rings is 3. The maximum absolute atomic E-state index is 13.2. The van der Waals surface area contributed by atoms with Crippen LogP contribution in [0.15, 0.2) is 77.7 Å². The van der Waals surface area contributed by atoms with E-state index in [0.29, 0.717) is 42.6 Å². The summed E-state index contributed by atoms with van der Waals surface area (Å²) in [6.45, 7) is 0.711. The Morgan fingerprint density at radius 2 is 1.42 bits per heavy atom. The number of nitrogens with one attached hydrogen (secondary N) is 1. The molecule has 1 saturated heterocycles. The van der Waals surface area contributed by atoms with E-state index >= 15 is 0 Å². The Hall–Kier alpha value is -3.21. The topological polar surface area (TPSA) is 86.7 Å². The van der Waals surface area contributed by atoms with Gasteiger partial charge in [-0.25, -0.2) is 13.9 Å². The Kier molecular flexibility index (Phi) is 7.49. The van der Waals surface area contributed by atoms with Crippen molar-refractivity contribution < 1.29 is 31.6 Å². The van der Waals surface area contributed by atoms with Gasteiger partial charge in [0.15, 0.2) is 0 Å². The molecule has 0 aromatic heterocycles. The number of carbonyl (C=O) groups excluding carboxylic acids is 1. The van der Waals surface area contributed by atoms with Crippen molar-refractivity contribution >= 4 is 15.9 Å². The summed E-state index contributed by atoms with van der Waals surface area (Å²) in [4.78, 5) is 11.6. The third-order valence-corrected chi connectivity index (χ3v) is 8.30. The van der Waals surface area contributed by atoms with E-state index < -0.39 is 28.5 Å². The number of hydroxylamine groups is 1. The number of alkyl halides is 3. The number of amides is 1. The summed E-state index contributed by atoms with van der Waals surface area (Å²) < 4.78 is 65.4. The molecule has 1 aliphatic rings. The molecule has 0 bridgehead atoms. The number of halogens is 3. The maximum Gasteiger partial charge on any atom is 0.393 e. The molecule has 1 heterocycles. The SMILES string of the molecule is O=C(NO)c1ccc(C2CCN(S(=O)(=O)c3ccc(-c4ccc(CC(F)(F)F)cc4)cc3)CC2)cc1. The van der Waals surface area contributed by atoms with Crippen molar-refractivity contribution in [2.45, 2.75) is 36.3 Å². The van der Waals surface area contributed by atoms with Crippen LogP contribution in [0.4, 0.5) is 13.2 Å². The minimum Gasteiger partial charge on any atom is -0.288 e. The second-order valence-corrected chi connectivity index (χ2v) is 10.7. The second kappa shape index (κ2) is 10.4. The third kappa shape index (κ3) is 5.95. The van der Waals surface area contributed by atoms with Gasteiger partial charge < -0.3 is 0 Å². The van der Waals surface area contributed by atoms with Gasteiger partial charge >= 0.3 is 6.18 Å². The highest BCUT2D eigenvalue weighted by molar-refractivity contribution is 7.89. The van der Waals surface area contributed by atoms with E-state index in [2.05, 4.69) is 0 Å². The molecule has 3 aromatic rings. The van der Waals surface area contributed by atoms with Crippen LogP contribution in [0.2, 0.25) is 0 Å². The molecule has 0 unspecified atom stereocenters. The molecule has 10 heteroatoms. The molecule has 0 radical (unpaired) electrons. The first-order valence-electron chi connectivity index (χ1n) is 11.4. The Balaban J connectivity index is 1.39. The van der Waals surface area contributed by atoms with Crippen LogP contribution in [0.3, 0.4) is 0 Å². The lowest BCUT2D eigenvalue weighted by atomic mass is 9.90. The van der Waals surface area contributed by atoms with E-state index in [-0.39, 0.29) is 16.4 Å². The number of hydrogen-bond donors (Lipinski definition) is 2. The zero-order valence-electron chi connectivity index (χ0n) is 19.2. The fourth-order valence-corrected chi connectivity index (χ4v) is 5.89. The van der Waals surface area contributed by atoms with Gasteiger partial charge in [0.05, 0.1) is 11.3 Å². The van der Waals surface area contributed by atoms with Crippen molar-refractivity contribution in [1.82, 2.24) is 9.79 Å². The largest absolute Gasteiger partial charge is 0.393 e. The molecular formula is C26H25F3N2O4S. The highest BCUT2D eigenvalue weighted by Crippen LogP contribution is 2.32. The van der Waals surface area contributed by atoms with Gasteiger partial charge in [0, 0.05) is 18.7 Å². The van der Waals surface area contributed by atoms with Crippen molar-refractivity contribution in [3.05, 3.63) is 89.5 Å². The van der Waals surface area contributed by atoms with Crippen molar-refractivity contribution in [3.63, 3.8) is 0 Å². The molecule has 6 nitrogen and oxygen atoms in total. The number of carbonyl (C=O) groups is 1. The van der Waals surface area contributed by atoms with Crippen LogP contribution >= 0.6 is 0 Å².